The van der Waals surface area contributed by atoms with Crippen LogP contribution in [0.1, 0.15) is 72.2 Å². The summed E-state index contributed by atoms with van der Waals surface area (Å²) in [5.41, 5.74) is 19.9. The summed E-state index contributed by atoms with van der Waals surface area (Å²) < 4.78 is 0. The van der Waals surface area contributed by atoms with Crippen LogP contribution in [-0.4, -0.2) is 0 Å². The zero-order valence-corrected chi connectivity index (χ0v) is 33.1. The molecule has 0 fully saturated rings. The van der Waals surface area contributed by atoms with E-state index >= 15 is 0 Å². The first-order chi connectivity index (χ1) is 26.4. The van der Waals surface area contributed by atoms with Gasteiger partial charge in [-0.2, -0.15) is 0 Å². The lowest BCUT2D eigenvalue weighted by molar-refractivity contribution is 0.652. The van der Waals surface area contributed by atoms with Crippen molar-refractivity contribution in [1.82, 2.24) is 0 Å². The lowest BCUT2D eigenvalue weighted by Gasteiger charge is -2.29. The van der Waals surface area contributed by atoms with Gasteiger partial charge in [-0.25, -0.2) is 0 Å². The maximum Gasteiger partial charge on any atom is 0.0540 e. The topological polar surface area (TPSA) is 3.24 Å². The Morgan fingerprint density at radius 1 is 0.382 bits per heavy atom. The minimum absolute atomic E-state index is 0.0958. The van der Waals surface area contributed by atoms with Crippen molar-refractivity contribution in [2.45, 2.75) is 66.2 Å². The molecule has 11 rings (SSSR count). The van der Waals surface area contributed by atoms with Gasteiger partial charge in [0.1, 0.15) is 0 Å². The van der Waals surface area contributed by atoms with E-state index < -0.39 is 0 Å². The molecule has 0 heterocycles. The van der Waals surface area contributed by atoms with Crippen molar-refractivity contribution in [3.63, 3.8) is 0 Å². The average Bonchev–Trinajstić information content (AvgIpc) is 3.55. The molecule has 0 amide bonds. The number of nitrogens with zero attached hydrogens (tertiary/aromatic N) is 1. The smallest absolute Gasteiger partial charge is 0.0540 e. The van der Waals surface area contributed by atoms with Crippen molar-refractivity contribution in [2.75, 3.05) is 4.90 Å². The molecular weight excluding hydrogens is 663 g/mol. The molecule has 0 aromatic heterocycles. The van der Waals surface area contributed by atoms with E-state index in [9.17, 15) is 0 Å². The summed E-state index contributed by atoms with van der Waals surface area (Å²) in [6, 6.07) is 49.3. The Kier molecular flexibility index (Phi) is 6.42. The lowest BCUT2D eigenvalue weighted by atomic mass is 9.79. The maximum absolute atomic E-state index is 2.58. The van der Waals surface area contributed by atoms with Crippen molar-refractivity contribution in [3.8, 4) is 22.3 Å². The van der Waals surface area contributed by atoms with Gasteiger partial charge < -0.3 is 4.90 Å². The van der Waals surface area contributed by atoms with E-state index in [4.69, 9.17) is 0 Å². The van der Waals surface area contributed by atoms with Crippen molar-refractivity contribution in [2.24, 2.45) is 0 Å². The Morgan fingerprint density at radius 3 is 1.60 bits per heavy atom. The lowest BCUT2D eigenvalue weighted by Crippen LogP contribution is -2.17. The predicted molar refractivity (Wildman–Crippen MR) is 236 cm³/mol. The average molecular weight is 708 g/mol. The second-order valence-electron chi connectivity index (χ2n) is 17.6. The number of benzene rings is 9. The van der Waals surface area contributed by atoms with Gasteiger partial charge in [0.25, 0.3) is 0 Å². The Bertz CT molecular complexity index is 3080. The van der Waals surface area contributed by atoms with Crippen molar-refractivity contribution < 1.29 is 0 Å². The first-order valence-corrected chi connectivity index (χ1v) is 19.8. The molecule has 0 spiro atoms. The van der Waals surface area contributed by atoms with Crippen molar-refractivity contribution >= 4 is 60.2 Å². The fraction of sp³-hybridized carbons (Fsp3) is 0.185. The van der Waals surface area contributed by atoms with Crippen LogP contribution in [0.15, 0.2) is 127 Å². The predicted octanol–water partition coefficient (Wildman–Crippen LogP) is 15.1. The molecule has 0 radical (unpaired) electrons. The molecule has 9 aromatic carbocycles. The van der Waals surface area contributed by atoms with Crippen LogP contribution >= 0.6 is 0 Å². The molecule has 0 saturated heterocycles. The molecule has 0 aliphatic heterocycles. The molecule has 0 unspecified atom stereocenters. The summed E-state index contributed by atoms with van der Waals surface area (Å²) in [6.45, 7) is 18.6. The molecule has 0 bridgehead atoms. The van der Waals surface area contributed by atoms with Crippen LogP contribution < -0.4 is 4.90 Å². The van der Waals surface area contributed by atoms with Gasteiger partial charge in [0.05, 0.1) is 5.69 Å². The number of hydrogen-bond donors (Lipinski definition) is 0. The summed E-state index contributed by atoms with van der Waals surface area (Å²) in [6.07, 6.45) is 0. The summed E-state index contributed by atoms with van der Waals surface area (Å²) in [5, 5.41) is 10.6. The fourth-order valence-electron chi connectivity index (χ4n) is 10.4. The number of rotatable bonds is 3. The largest absolute Gasteiger partial charge is 0.310 e. The highest BCUT2D eigenvalue weighted by molar-refractivity contribution is 6.29. The number of anilines is 3. The van der Waals surface area contributed by atoms with Gasteiger partial charge >= 0.3 is 0 Å². The van der Waals surface area contributed by atoms with Crippen molar-refractivity contribution in [3.05, 3.63) is 172 Å². The third-order valence-corrected chi connectivity index (χ3v) is 13.8. The van der Waals surface area contributed by atoms with E-state index in [1.165, 1.54) is 127 Å². The zero-order valence-electron chi connectivity index (χ0n) is 33.1. The van der Waals surface area contributed by atoms with Gasteiger partial charge in [0.15, 0.2) is 0 Å². The molecule has 1 heteroatoms. The molecule has 0 saturated carbocycles. The second-order valence-corrected chi connectivity index (χ2v) is 17.6. The highest BCUT2D eigenvalue weighted by atomic mass is 15.1. The van der Waals surface area contributed by atoms with E-state index in [2.05, 4.69) is 188 Å². The Balaban J connectivity index is 1.18. The van der Waals surface area contributed by atoms with E-state index in [1.54, 1.807) is 0 Å². The Morgan fingerprint density at radius 2 is 0.927 bits per heavy atom. The van der Waals surface area contributed by atoms with E-state index in [-0.39, 0.29) is 10.8 Å². The fourth-order valence-corrected chi connectivity index (χ4v) is 10.4. The summed E-state index contributed by atoms with van der Waals surface area (Å²) in [7, 11) is 0. The molecule has 0 atom stereocenters. The Labute approximate surface area is 324 Å². The molecule has 266 valence electrons. The SMILES string of the molecule is Cc1ccc(N(c2ccc(C)c(C)c2)c2ccc3ccc4c5c(cc6ccc2c3c64)C(C)(C)c2cc3c(cc2-5)C(C)(C)c2ccc4ccccc4c2-3)cc1C. The standard InChI is InChI=1S/C54H45N/c1-30-13-19-37(25-32(30)3)55(38-20-14-31(2)33(4)26-38)48-24-18-35-15-22-41-50-36(16-21-40(48)49(35)50)27-47-52(41)43-29-45-42(28-46(43)54(47,7)8)51-39-12-10-9-11-34(39)17-23-44(51)53(45,5)6/h9-29H,1-8H3. The second kappa shape index (κ2) is 10.9. The molecule has 55 heavy (non-hydrogen) atoms. The minimum Gasteiger partial charge on any atom is -0.310 e. The van der Waals surface area contributed by atoms with Gasteiger partial charge in [0, 0.05) is 27.6 Å². The van der Waals surface area contributed by atoms with Gasteiger partial charge in [-0.05, 0) is 181 Å². The number of fused-ring (bicyclic) bond motifs is 9. The highest BCUT2D eigenvalue weighted by Crippen LogP contribution is 2.59. The van der Waals surface area contributed by atoms with Gasteiger partial charge in [-0.15, -0.1) is 0 Å². The van der Waals surface area contributed by atoms with Crippen molar-refractivity contribution in [1.29, 1.82) is 0 Å². The van der Waals surface area contributed by atoms with Gasteiger partial charge in [-0.3, -0.25) is 0 Å². The Hall–Kier alpha value is -5.92. The van der Waals surface area contributed by atoms with Crippen LogP contribution in [0.5, 0.6) is 0 Å². The van der Waals surface area contributed by atoms with Crippen LogP contribution in [0.25, 0.3) is 65.3 Å². The summed E-state index contributed by atoms with van der Waals surface area (Å²) in [4.78, 5) is 2.47. The highest BCUT2D eigenvalue weighted by Gasteiger charge is 2.43. The third-order valence-electron chi connectivity index (χ3n) is 13.8. The van der Waals surface area contributed by atoms with Gasteiger partial charge in [0.2, 0.25) is 0 Å². The molecule has 0 N–H and O–H groups in total. The maximum atomic E-state index is 2.58. The van der Waals surface area contributed by atoms with E-state index in [0.29, 0.717) is 0 Å². The number of aryl methyl sites for hydroxylation is 4. The monoisotopic (exact) mass is 707 g/mol. The molecule has 2 aliphatic carbocycles. The van der Waals surface area contributed by atoms with E-state index in [1.807, 2.05) is 0 Å². The first-order valence-electron chi connectivity index (χ1n) is 19.8. The normalized spacial score (nSPS) is 14.8. The third kappa shape index (κ3) is 4.25. The van der Waals surface area contributed by atoms with Crippen LogP contribution in [0.2, 0.25) is 0 Å². The molecule has 1 nitrogen and oxygen atoms in total. The van der Waals surface area contributed by atoms with Crippen LogP contribution in [-0.2, 0) is 10.8 Å². The van der Waals surface area contributed by atoms with E-state index in [0.717, 1.165) is 0 Å². The van der Waals surface area contributed by atoms with Crippen LogP contribution in [0.3, 0.4) is 0 Å². The minimum atomic E-state index is -0.143. The first kappa shape index (κ1) is 32.5. The molecule has 9 aromatic rings. The molecular formula is C54H45N. The summed E-state index contributed by atoms with van der Waals surface area (Å²) in [5.74, 6) is 0. The zero-order chi connectivity index (χ0) is 37.7. The summed E-state index contributed by atoms with van der Waals surface area (Å²) >= 11 is 0. The quantitative estimate of drug-likeness (QED) is 0.165. The van der Waals surface area contributed by atoms with Crippen LogP contribution in [0, 0.1) is 27.7 Å². The van der Waals surface area contributed by atoms with Gasteiger partial charge in [-0.1, -0.05) is 107 Å². The molecule has 2 aliphatic rings. The van der Waals surface area contributed by atoms with Crippen LogP contribution in [0.4, 0.5) is 17.1 Å². The number of hydrogen-bond acceptors (Lipinski definition) is 1.